The van der Waals surface area contributed by atoms with Gasteiger partial charge >= 0.3 is 6.03 Å². The van der Waals surface area contributed by atoms with Crippen molar-refractivity contribution in [1.82, 2.24) is 15.1 Å². The lowest BCUT2D eigenvalue weighted by atomic mass is 9.97. The monoisotopic (exact) mass is 215 g/mol. The van der Waals surface area contributed by atoms with E-state index in [1.165, 1.54) is 7.05 Å². The number of hydrogen-bond donors (Lipinski definition) is 1. The van der Waals surface area contributed by atoms with Gasteiger partial charge in [-0.15, -0.1) is 9.78 Å². The fourth-order valence-electron chi connectivity index (χ4n) is 0.815. The molecule has 78 valence electrons. The Morgan fingerprint density at radius 2 is 2.14 bits per heavy atom. The Morgan fingerprint density at radius 1 is 1.57 bits per heavy atom. The third-order valence-corrected chi connectivity index (χ3v) is 1.85. The van der Waals surface area contributed by atoms with E-state index >= 15 is 0 Å². The SMILES string of the molecule is CNC(=O)n1nc(C(C)(C)C)oc1=S. The lowest BCUT2D eigenvalue weighted by Gasteiger charge is -2.10. The molecule has 1 rings (SSSR count). The van der Waals surface area contributed by atoms with Gasteiger partial charge in [-0.3, -0.25) is 0 Å². The van der Waals surface area contributed by atoms with Gasteiger partial charge in [0.25, 0.3) is 4.84 Å². The summed E-state index contributed by atoms with van der Waals surface area (Å²) in [7, 11) is 1.51. The van der Waals surface area contributed by atoms with Crippen LogP contribution in [0.2, 0.25) is 0 Å². The molecule has 1 aromatic heterocycles. The molecule has 0 unspecified atom stereocenters. The van der Waals surface area contributed by atoms with Crippen LogP contribution in [0.15, 0.2) is 4.42 Å². The van der Waals surface area contributed by atoms with Crippen molar-refractivity contribution in [3.05, 3.63) is 10.7 Å². The van der Waals surface area contributed by atoms with E-state index in [1.807, 2.05) is 20.8 Å². The second kappa shape index (κ2) is 3.53. The van der Waals surface area contributed by atoms with Crippen LogP contribution in [0.25, 0.3) is 0 Å². The van der Waals surface area contributed by atoms with Crippen LogP contribution in [0, 0.1) is 4.84 Å². The van der Waals surface area contributed by atoms with E-state index in [0.717, 1.165) is 4.68 Å². The Hall–Kier alpha value is -1.17. The van der Waals surface area contributed by atoms with Crippen molar-refractivity contribution in [3.63, 3.8) is 0 Å². The largest absolute Gasteiger partial charge is 0.413 e. The zero-order chi connectivity index (χ0) is 10.9. The Labute approximate surface area is 87.1 Å². The molecule has 0 radical (unpaired) electrons. The Balaban J connectivity index is 3.19. The van der Waals surface area contributed by atoms with E-state index in [0.29, 0.717) is 5.89 Å². The molecule has 0 atom stereocenters. The highest BCUT2D eigenvalue weighted by Crippen LogP contribution is 2.19. The molecule has 6 heteroatoms. The van der Waals surface area contributed by atoms with Gasteiger partial charge in [0.05, 0.1) is 0 Å². The van der Waals surface area contributed by atoms with Gasteiger partial charge in [0.15, 0.2) is 0 Å². The number of amides is 1. The molecule has 1 N–H and O–H groups in total. The molecule has 0 aliphatic rings. The number of rotatable bonds is 0. The van der Waals surface area contributed by atoms with Crippen LogP contribution in [0.4, 0.5) is 4.79 Å². The highest BCUT2D eigenvalue weighted by atomic mass is 32.1. The summed E-state index contributed by atoms with van der Waals surface area (Å²) in [5, 5.41) is 6.41. The first-order valence-electron chi connectivity index (χ1n) is 4.19. The summed E-state index contributed by atoms with van der Waals surface area (Å²) >= 11 is 4.86. The van der Waals surface area contributed by atoms with E-state index in [9.17, 15) is 4.79 Å². The van der Waals surface area contributed by atoms with Crippen molar-refractivity contribution >= 4 is 18.2 Å². The highest BCUT2D eigenvalue weighted by molar-refractivity contribution is 7.71. The second-order valence-electron chi connectivity index (χ2n) is 3.89. The molecule has 1 aromatic rings. The Bertz CT molecular complexity index is 399. The summed E-state index contributed by atoms with van der Waals surface area (Å²) in [4.78, 5) is 11.3. The van der Waals surface area contributed by atoms with Crippen molar-refractivity contribution in [2.24, 2.45) is 0 Å². The molecule has 0 aliphatic carbocycles. The van der Waals surface area contributed by atoms with Crippen molar-refractivity contribution < 1.29 is 9.21 Å². The minimum absolute atomic E-state index is 0.0641. The minimum Gasteiger partial charge on any atom is -0.413 e. The van der Waals surface area contributed by atoms with Gasteiger partial charge in [-0.25, -0.2) is 4.79 Å². The van der Waals surface area contributed by atoms with E-state index in [-0.39, 0.29) is 10.3 Å². The van der Waals surface area contributed by atoms with Crippen LogP contribution in [0.1, 0.15) is 26.7 Å². The van der Waals surface area contributed by atoms with Gasteiger partial charge in [-0.1, -0.05) is 20.8 Å². The van der Waals surface area contributed by atoms with Gasteiger partial charge in [0.2, 0.25) is 5.89 Å². The molecule has 5 nitrogen and oxygen atoms in total. The van der Waals surface area contributed by atoms with E-state index in [1.54, 1.807) is 0 Å². The molecule has 0 bridgehead atoms. The smallest absolute Gasteiger partial charge is 0.345 e. The number of carbonyl (C=O) groups is 1. The molecule has 0 aliphatic heterocycles. The summed E-state index contributed by atoms with van der Waals surface area (Å²) in [6.07, 6.45) is 0. The average Bonchev–Trinajstić information content (AvgIpc) is 2.45. The molecule has 0 spiro atoms. The van der Waals surface area contributed by atoms with Crippen LogP contribution < -0.4 is 5.32 Å². The van der Waals surface area contributed by atoms with Gasteiger partial charge in [0, 0.05) is 12.5 Å². The Morgan fingerprint density at radius 3 is 2.50 bits per heavy atom. The van der Waals surface area contributed by atoms with E-state index in [4.69, 9.17) is 16.6 Å². The first-order chi connectivity index (χ1) is 6.36. The number of carbonyl (C=O) groups excluding carboxylic acids is 1. The minimum atomic E-state index is -0.394. The average molecular weight is 215 g/mol. The fraction of sp³-hybridized carbons (Fsp3) is 0.625. The molecular weight excluding hydrogens is 202 g/mol. The van der Waals surface area contributed by atoms with E-state index < -0.39 is 6.03 Å². The van der Waals surface area contributed by atoms with Gasteiger partial charge in [-0.05, 0) is 12.2 Å². The predicted molar refractivity (Wildman–Crippen MR) is 53.9 cm³/mol. The highest BCUT2D eigenvalue weighted by Gasteiger charge is 2.22. The molecule has 0 fully saturated rings. The van der Waals surface area contributed by atoms with Crippen LogP contribution in [-0.4, -0.2) is 22.9 Å². The van der Waals surface area contributed by atoms with Crippen molar-refractivity contribution in [2.45, 2.75) is 26.2 Å². The molecule has 0 saturated carbocycles. The quantitative estimate of drug-likeness (QED) is 0.669. The topological polar surface area (TPSA) is 60.1 Å². The maximum Gasteiger partial charge on any atom is 0.345 e. The molecule has 14 heavy (non-hydrogen) atoms. The maximum absolute atomic E-state index is 11.2. The third-order valence-electron chi connectivity index (χ3n) is 1.60. The van der Waals surface area contributed by atoms with E-state index in [2.05, 4.69) is 10.4 Å². The summed E-state index contributed by atoms with van der Waals surface area (Å²) < 4.78 is 6.25. The van der Waals surface area contributed by atoms with Gasteiger partial charge < -0.3 is 9.73 Å². The Kier molecular flexibility index (Phi) is 2.75. The summed E-state index contributed by atoms with van der Waals surface area (Å²) in [6, 6.07) is -0.394. The summed E-state index contributed by atoms with van der Waals surface area (Å²) in [6.45, 7) is 5.80. The van der Waals surface area contributed by atoms with Crippen LogP contribution in [0.3, 0.4) is 0 Å². The second-order valence-corrected chi connectivity index (χ2v) is 4.24. The van der Waals surface area contributed by atoms with Crippen LogP contribution in [0.5, 0.6) is 0 Å². The number of aromatic nitrogens is 2. The zero-order valence-corrected chi connectivity index (χ0v) is 9.44. The number of nitrogens with zero attached hydrogens (tertiary/aromatic N) is 2. The van der Waals surface area contributed by atoms with Crippen LogP contribution >= 0.6 is 12.2 Å². The van der Waals surface area contributed by atoms with Gasteiger partial charge in [0.1, 0.15) is 0 Å². The van der Waals surface area contributed by atoms with Crippen molar-refractivity contribution in [3.8, 4) is 0 Å². The molecule has 1 heterocycles. The van der Waals surface area contributed by atoms with Gasteiger partial charge in [-0.2, -0.15) is 0 Å². The molecular formula is C8H13N3O2S. The summed E-state index contributed by atoms with van der Waals surface area (Å²) in [5.41, 5.74) is -0.257. The standard InChI is InChI=1S/C8H13N3O2S/c1-8(2,3)5-10-11(6(12)9-4)7(14)13-5/h1-4H3,(H,9,12). The lowest BCUT2D eigenvalue weighted by Crippen LogP contribution is -2.26. The number of hydrogen-bond acceptors (Lipinski definition) is 4. The molecule has 1 amide bonds. The molecule has 0 saturated heterocycles. The maximum atomic E-state index is 11.2. The normalized spacial score (nSPS) is 11.4. The van der Waals surface area contributed by atoms with Crippen molar-refractivity contribution in [2.75, 3.05) is 7.05 Å². The summed E-state index contributed by atoms with van der Waals surface area (Å²) in [5.74, 6) is 0.450. The molecule has 0 aromatic carbocycles. The lowest BCUT2D eigenvalue weighted by molar-refractivity contribution is 0.240. The predicted octanol–water partition coefficient (Wildman–Crippen LogP) is 1.69. The zero-order valence-electron chi connectivity index (χ0n) is 8.62. The fourth-order valence-corrected chi connectivity index (χ4v) is 1.02. The first kappa shape index (κ1) is 10.9. The third kappa shape index (κ3) is 2.01. The van der Waals surface area contributed by atoms with Crippen molar-refractivity contribution in [1.29, 1.82) is 0 Å². The number of nitrogens with one attached hydrogen (secondary N) is 1. The van der Waals surface area contributed by atoms with Crippen LogP contribution in [-0.2, 0) is 5.41 Å². The first-order valence-corrected chi connectivity index (χ1v) is 4.60.